The van der Waals surface area contributed by atoms with Crippen molar-refractivity contribution in [2.75, 3.05) is 26.2 Å². The molecule has 4 atom stereocenters. The number of amides is 3. The molecule has 4 N–H and O–H groups in total. The van der Waals surface area contributed by atoms with Crippen molar-refractivity contribution >= 4 is 33.9 Å². The molecule has 1 saturated heterocycles. The van der Waals surface area contributed by atoms with E-state index in [2.05, 4.69) is 20.6 Å². The molecule has 0 spiro atoms. The third-order valence-corrected chi connectivity index (χ3v) is 11.3. The molecule has 0 bridgehead atoms. The summed E-state index contributed by atoms with van der Waals surface area (Å²) >= 11 is 0. The van der Waals surface area contributed by atoms with Crippen molar-refractivity contribution < 1.29 is 33.5 Å². The van der Waals surface area contributed by atoms with E-state index in [0.717, 1.165) is 11.1 Å². The first-order chi connectivity index (χ1) is 25.3. The van der Waals surface area contributed by atoms with Crippen LogP contribution in [-0.4, -0.2) is 111 Å². The van der Waals surface area contributed by atoms with E-state index < -0.39 is 34.1 Å². The van der Waals surface area contributed by atoms with E-state index in [9.17, 15) is 28.3 Å². The molecular weight excluding hydrogens is 699 g/mol. The Kier molecular flexibility index (Phi) is 14.5. The molecule has 3 amide bonds. The van der Waals surface area contributed by atoms with Gasteiger partial charge in [0.15, 0.2) is 0 Å². The number of aromatic nitrogens is 1. The molecule has 0 unspecified atom stereocenters. The average Bonchev–Trinajstić information content (AvgIpc) is 3.49. The van der Waals surface area contributed by atoms with Crippen molar-refractivity contribution in [2.45, 2.75) is 77.1 Å². The number of aliphatic hydroxyl groups excluding tert-OH is 1. The molecule has 15 heteroatoms. The lowest BCUT2D eigenvalue weighted by atomic mass is 9.95. The third-order valence-electron chi connectivity index (χ3n) is 9.41. The Morgan fingerprint density at radius 1 is 1.02 bits per heavy atom. The zero-order valence-corrected chi connectivity index (χ0v) is 31.7. The summed E-state index contributed by atoms with van der Waals surface area (Å²) in [5.41, 5.74) is 2.96. The van der Waals surface area contributed by atoms with Gasteiger partial charge in [-0.1, -0.05) is 86.9 Å². The molecule has 3 aromatic rings. The maximum absolute atomic E-state index is 14.3. The van der Waals surface area contributed by atoms with Crippen LogP contribution in [0.25, 0.3) is 0 Å². The summed E-state index contributed by atoms with van der Waals surface area (Å²) in [7, 11) is -4.08. The molecule has 53 heavy (non-hydrogen) atoms. The molecule has 0 aliphatic carbocycles. The maximum Gasteiger partial charge on any atom is 0.321 e. The van der Waals surface area contributed by atoms with Crippen molar-refractivity contribution in [1.29, 1.82) is 0 Å². The Labute approximate surface area is 311 Å². The maximum atomic E-state index is 14.3. The van der Waals surface area contributed by atoms with Crippen molar-refractivity contribution in [1.82, 2.24) is 24.4 Å². The van der Waals surface area contributed by atoms with E-state index >= 15 is 0 Å². The molecule has 1 aromatic heterocycles. The molecule has 4 rings (SSSR count). The Hall–Kier alpha value is -4.86. The number of aliphatic hydroxyl groups is 1. The second-order valence-electron chi connectivity index (χ2n) is 13.9. The number of benzene rings is 2. The summed E-state index contributed by atoms with van der Waals surface area (Å²) in [4.78, 5) is 35.6. The monoisotopic (exact) mass is 749 g/mol. The van der Waals surface area contributed by atoms with Gasteiger partial charge in [-0.3, -0.25) is 9.78 Å². The average molecular weight is 750 g/mol. The van der Waals surface area contributed by atoms with Crippen LogP contribution in [0.3, 0.4) is 0 Å². The SMILES string of the molecule is CC[C@H](C)[C@@H](C(=O)N[C@@H](Cc1ccccc1)[C@H](O)CN(CC(C)C)S(=O)(=O)c1ccc(/C=N/O)cc1)N1CCN(Cc2ccnc(C(C)=NO)c2)C1=O. The van der Waals surface area contributed by atoms with Crippen LogP contribution in [0.4, 0.5) is 4.79 Å². The van der Waals surface area contributed by atoms with Gasteiger partial charge in [-0.25, -0.2) is 13.2 Å². The standard InChI is InChI=1S/C38H51N7O7S/c1-6-27(4)36(45-19-18-43(38(45)48)24-31-16-17-39-33(21-31)28(5)42-50)37(47)41-34(20-29-10-8-7-9-11-29)35(46)25-44(23-26(2)3)53(51,52)32-14-12-30(13-15-32)22-40-49/h7-17,21-22,26-27,34-36,46,49-50H,6,18-20,23-25H2,1-5H3,(H,41,47)/b40-22+,42-28?/t27-,34-,35+,36-/m0/s1. The highest BCUT2D eigenvalue weighted by Crippen LogP contribution is 2.24. The van der Waals surface area contributed by atoms with Gasteiger partial charge in [0.1, 0.15) is 11.8 Å². The van der Waals surface area contributed by atoms with Crippen LogP contribution >= 0.6 is 0 Å². The number of urea groups is 1. The summed E-state index contributed by atoms with van der Waals surface area (Å²) in [5.74, 6) is -0.750. The topological polar surface area (TPSA) is 188 Å². The van der Waals surface area contributed by atoms with Crippen LogP contribution in [0, 0.1) is 11.8 Å². The van der Waals surface area contributed by atoms with E-state index in [1.54, 1.807) is 35.1 Å². The minimum Gasteiger partial charge on any atom is -0.411 e. The lowest BCUT2D eigenvalue weighted by Crippen LogP contribution is -2.57. The molecule has 14 nitrogen and oxygen atoms in total. The highest BCUT2D eigenvalue weighted by molar-refractivity contribution is 7.89. The van der Waals surface area contributed by atoms with Gasteiger partial charge < -0.3 is 30.6 Å². The Morgan fingerprint density at radius 2 is 1.72 bits per heavy atom. The van der Waals surface area contributed by atoms with Crippen molar-refractivity contribution in [3.8, 4) is 0 Å². The molecule has 1 aliphatic heterocycles. The van der Waals surface area contributed by atoms with Gasteiger partial charge in [0.05, 0.1) is 28.9 Å². The molecule has 1 aliphatic rings. The largest absolute Gasteiger partial charge is 0.411 e. The fourth-order valence-electron chi connectivity index (χ4n) is 6.35. The van der Waals surface area contributed by atoms with Gasteiger partial charge in [0, 0.05) is 38.9 Å². The summed E-state index contributed by atoms with van der Waals surface area (Å²) in [6.45, 7) is 10.0. The number of oxime groups is 2. The van der Waals surface area contributed by atoms with Crippen LogP contribution in [0.15, 0.2) is 88.1 Å². The highest BCUT2D eigenvalue weighted by Gasteiger charge is 2.41. The molecule has 2 heterocycles. The smallest absolute Gasteiger partial charge is 0.321 e. The molecule has 2 aromatic carbocycles. The minimum absolute atomic E-state index is 0.0117. The molecule has 286 valence electrons. The normalized spacial score (nSPS) is 16.4. The Morgan fingerprint density at radius 3 is 2.34 bits per heavy atom. The summed E-state index contributed by atoms with van der Waals surface area (Å²) in [6, 6.07) is 16.7. The van der Waals surface area contributed by atoms with Gasteiger partial charge in [0.2, 0.25) is 15.9 Å². The van der Waals surface area contributed by atoms with E-state index in [0.29, 0.717) is 36.5 Å². The number of nitrogens with one attached hydrogen (secondary N) is 1. The quantitative estimate of drug-likeness (QED) is 0.0847. The molecule has 0 radical (unpaired) electrons. The number of carbonyl (C=O) groups is 2. The second-order valence-corrected chi connectivity index (χ2v) is 15.8. The first-order valence-corrected chi connectivity index (χ1v) is 19.2. The number of rotatable bonds is 18. The van der Waals surface area contributed by atoms with Gasteiger partial charge in [0.25, 0.3) is 0 Å². The Balaban J connectivity index is 1.59. The number of sulfonamides is 1. The van der Waals surface area contributed by atoms with Gasteiger partial charge in [-0.05, 0) is 66.1 Å². The van der Waals surface area contributed by atoms with Crippen molar-refractivity contribution in [2.24, 2.45) is 22.1 Å². The van der Waals surface area contributed by atoms with Crippen LogP contribution in [0.5, 0.6) is 0 Å². The number of carbonyl (C=O) groups excluding carboxylic acids is 2. The summed E-state index contributed by atoms with van der Waals surface area (Å²) < 4.78 is 29.1. The number of hydrogen-bond donors (Lipinski definition) is 4. The van der Waals surface area contributed by atoms with Crippen molar-refractivity contribution in [3.05, 3.63) is 95.3 Å². The fraction of sp³-hybridized carbons (Fsp3) is 0.447. The second kappa shape index (κ2) is 18.8. The zero-order chi connectivity index (χ0) is 38.7. The third kappa shape index (κ3) is 10.6. The number of nitrogens with zero attached hydrogens (tertiary/aromatic N) is 6. The first kappa shape index (κ1) is 40.9. The van der Waals surface area contributed by atoms with Crippen LogP contribution in [0.2, 0.25) is 0 Å². The lowest BCUT2D eigenvalue weighted by molar-refractivity contribution is -0.128. The highest BCUT2D eigenvalue weighted by atomic mass is 32.2. The molecule has 1 fully saturated rings. The van der Waals surface area contributed by atoms with E-state index in [-0.39, 0.29) is 48.8 Å². The predicted molar refractivity (Wildman–Crippen MR) is 201 cm³/mol. The minimum atomic E-state index is -4.08. The fourth-order valence-corrected chi connectivity index (χ4v) is 7.98. The number of pyridine rings is 1. The van der Waals surface area contributed by atoms with Gasteiger partial charge in [-0.2, -0.15) is 4.31 Å². The molecule has 0 saturated carbocycles. The molecular formula is C38H51N7O7S. The van der Waals surface area contributed by atoms with Crippen LogP contribution in [0.1, 0.15) is 63.4 Å². The number of hydrogen-bond acceptors (Lipinski definition) is 10. The van der Waals surface area contributed by atoms with Crippen molar-refractivity contribution in [3.63, 3.8) is 0 Å². The first-order valence-electron chi connectivity index (χ1n) is 17.8. The van der Waals surface area contributed by atoms with E-state index in [1.165, 1.54) is 34.8 Å². The van der Waals surface area contributed by atoms with Gasteiger partial charge in [-0.15, -0.1) is 0 Å². The Bertz CT molecular complexity index is 1840. The van der Waals surface area contributed by atoms with Crippen LogP contribution < -0.4 is 5.32 Å². The van der Waals surface area contributed by atoms with E-state index in [1.807, 2.05) is 58.0 Å². The van der Waals surface area contributed by atoms with Gasteiger partial charge >= 0.3 is 6.03 Å². The summed E-state index contributed by atoms with van der Waals surface area (Å²) in [6.07, 6.45) is 2.28. The predicted octanol–water partition coefficient (Wildman–Crippen LogP) is 4.18. The van der Waals surface area contributed by atoms with Crippen LogP contribution in [-0.2, 0) is 27.8 Å². The lowest BCUT2D eigenvalue weighted by Gasteiger charge is -2.35. The zero-order valence-electron chi connectivity index (χ0n) is 30.9. The summed E-state index contributed by atoms with van der Waals surface area (Å²) in [5, 5.41) is 39.1. The van der Waals surface area contributed by atoms with E-state index in [4.69, 9.17) is 5.21 Å².